The minimum Gasteiger partial charge on any atom is -0.393 e. The van der Waals surface area contributed by atoms with Crippen LogP contribution in [0.25, 0.3) is 16.6 Å². The van der Waals surface area contributed by atoms with E-state index in [2.05, 4.69) is 74.0 Å². The predicted molar refractivity (Wildman–Crippen MR) is 124 cm³/mol. The molecule has 0 saturated heterocycles. The van der Waals surface area contributed by atoms with E-state index in [1.165, 1.54) is 35.9 Å². The summed E-state index contributed by atoms with van der Waals surface area (Å²) in [5.74, 6) is 2.46. The lowest BCUT2D eigenvalue weighted by atomic mass is 9.46. The van der Waals surface area contributed by atoms with Gasteiger partial charge in [0.2, 0.25) is 0 Å². The predicted octanol–water partition coefficient (Wildman–Crippen LogP) is 6.66. The van der Waals surface area contributed by atoms with Crippen LogP contribution < -0.4 is 0 Å². The van der Waals surface area contributed by atoms with E-state index in [1.54, 1.807) is 5.57 Å². The van der Waals surface area contributed by atoms with Crippen LogP contribution >= 0.6 is 0 Å². The standard InChI is InChI=1S/C28H35NO/c1-18-12-14-27(2)20(16-18)8-9-21-22-10-11-25(28(22,3)17-24(30)26(21)27)29-15-13-19-6-4-5-7-23(19)29/h4-8,11,13,15,18,21-22,24,26,30H,9-10,12,14,16-17H2,1-3H3/t18-,21?,22?,24?,26?,27-,28-/m0/s1. The largest absolute Gasteiger partial charge is 0.393 e. The first kappa shape index (κ1) is 18.9. The Morgan fingerprint density at radius 2 is 1.87 bits per heavy atom. The molecule has 7 atom stereocenters. The zero-order chi connectivity index (χ0) is 20.7. The van der Waals surface area contributed by atoms with Gasteiger partial charge in [-0.05, 0) is 85.1 Å². The third-order valence-corrected chi connectivity index (χ3v) is 9.68. The molecular formula is C28H35NO. The SMILES string of the molecule is C[C@H]1CC[C@@]2(C)C(=CCC3C2C(O)C[C@]2(C)C(n4ccc5ccccc54)=CCC32)C1. The molecule has 1 aromatic carbocycles. The Hall–Kier alpha value is -1.80. The lowest BCUT2D eigenvalue weighted by molar-refractivity contribution is -0.102. The number of nitrogens with zero attached hydrogens (tertiary/aromatic N) is 1. The Kier molecular flexibility index (Phi) is 4.01. The van der Waals surface area contributed by atoms with Gasteiger partial charge in [-0.25, -0.2) is 0 Å². The molecule has 4 aliphatic rings. The fourth-order valence-corrected chi connectivity index (χ4v) is 8.19. The van der Waals surface area contributed by atoms with E-state index in [1.807, 2.05) is 0 Å². The second-order valence-corrected chi connectivity index (χ2v) is 11.3. The average molecular weight is 402 g/mol. The molecule has 0 spiro atoms. The van der Waals surface area contributed by atoms with Gasteiger partial charge in [0.15, 0.2) is 0 Å². The maximum Gasteiger partial charge on any atom is 0.0588 e. The van der Waals surface area contributed by atoms with E-state index < -0.39 is 0 Å². The zero-order valence-electron chi connectivity index (χ0n) is 18.6. The number of benzene rings is 1. The van der Waals surface area contributed by atoms with Crippen LogP contribution in [0, 0.1) is 34.5 Å². The Balaban J connectivity index is 1.40. The molecule has 4 aliphatic carbocycles. The number of aromatic nitrogens is 1. The molecule has 1 aromatic heterocycles. The van der Waals surface area contributed by atoms with Crippen LogP contribution in [-0.2, 0) is 0 Å². The summed E-state index contributed by atoms with van der Waals surface area (Å²) >= 11 is 0. The van der Waals surface area contributed by atoms with Crippen molar-refractivity contribution in [3.05, 3.63) is 54.3 Å². The first-order chi connectivity index (χ1) is 14.4. The topological polar surface area (TPSA) is 25.2 Å². The third-order valence-electron chi connectivity index (χ3n) is 9.68. The molecule has 2 nitrogen and oxygen atoms in total. The molecule has 0 aliphatic heterocycles. The summed E-state index contributed by atoms with van der Waals surface area (Å²) in [4.78, 5) is 0. The highest BCUT2D eigenvalue weighted by molar-refractivity contribution is 5.84. The van der Waals surface area contributed by atoms with Crippen molar-refractivity contribution >= 4 is 16.6 Å². The van der Waals surface area contributed by atoms with Gasteiger partial charge in [-0.3, -0.25) is 0 Å². The Bertz CT molecular complexity index is 1060. The minimum atomic E-state index is -0.207. The number of rotatable bonds is 1. The van der Waals surface area contributed by atoms with Crippen LogP contribution in [0.2, 0.25) is 0 Å². The van der Waals surface area contributed by atoms with Crippen molar-refractivity contribution in [2.24, 2.45) is 34.5 Å². The summed E-state index contributed by atoms with van der Waals surface area (Å²) in [7, 11) is 0. The van der Waals surface area contributed by atoms with Crippen molar-refractivity contribution in [3.8, 4) is 0 Å². The second kappa shape index (κ2) is 6.36. The van der Waals surface area contributed by atoms with Crippen LogP contribution in [0.5, 0.6) is 0 Å². The molecule has 2 saturated carbocycles. The van der Waals surface area contributed by atoms with Gasteiger partial charge in [0.05, 0.1) is 11.6 Å². The van der Waals surface area contributed by atoms with Gasteiger partial charge in [0, 0.05) is 17.3 Å². The van der Waals surface area contributed by atoms with Crippen LogP contribution in [0.15, 0.2) is 54.3 Å². The van der Waals surface area contributed by atoms with E-state index >= 15 is 0 Å². The Morgan fingerprint density at radius 1 is 1.03 bits per heavy atom. The summed E-state index contributed by atoms with van der Waals surface area (Å²) in [6.07, 6.45) is 14.1. The minimum absolute atomic E-state index is 0.0477. The molecule has 2 heteroatoms. The zero-order valence-corrected chi connectivity index (χ0v) is 18.6. The first-order valence-corrected chi connectivity index (χ1v) is 12.1. The van der Waals surface area contributed by atoms with Crippen molar-refractivity contribution in [3.63, 3.8) is 0 Å². The van der Waals surface area contributed by atoms with Gasteiger partial charge in [-0.1, -0.05) is 56.7 Å². The van der Waals surface area contributed by atoms with Crippen LogP contribution in [0.1, 0.15) is 59.3 Å². The molecule has 2 fully saturated rings. The van der Waals surface area contributed by atoms with Crippen molar-refractivity contribution in [2.45, 2.75) is 65.4 Å². The lowest BCUT2D eigenvalue weighted by Crippen LogP contribution is -2.55. The molecule has 30 heavy (non-hydrogen) atoms. The molecule has 0 radical (unpaired) electrons. The molecule has 0 amide bonds. The lowest BCUT2D eigenvalue weighted by Gasteiger charge is -2.59. The van der Waals surface area contributed by atoms with Gasteiger partial charge in [0.25, 0.3) is 0 Å². The van der Waals surface area contributed by atoms with Gasteiger partial charge in [0.1, 0.15) is 0 Å². The van der Waals surface area contributed by atoms with E-state index in [-0.39, 0.29) is 16.9 Å². The summed E-state index contributed by atoms with van der Waals surface area (Å²) in [5, 5.41) is 13.0. The van der Waals surface area contributed by atoms with Crippen LogP contribution in [0.4, 0.5) is 0 Å². The van der Waals surface area contributed by atoms with Crippen molar-refractivity contribution in [2.75, 3.05) is 0 Å². The number of aliphatic hydroxyl groups is 1. The van der Waals surface area contributed by atoms with Crippen LogP contribution in [-0.4, -0.2) is 15.8 Å². The summed E-state index contributed by atoms with van der Waals surface area (Å²) in [5.41, 5.74) is 4.63. The molecular weight excluding hydrogens is 366 g/mol. The summed E-state index contributed by atoms with van der Waals surface area (Å²) in [6.45, 7) is 7.32. The Morgan fingerprint density at radius 3 is 2.73 bits per heavy atom. The number of para-hydroxylation sites is 1. The molecule has 1 heterocycles. The molecule has 1 N–H and O–H groups in total. The highest BCUT2D eigenvalue weighted by Gasteiger charge is 2.60. The normalized spacial score (nSPS) is 42.9. The smallest absolute Gasteiger partial charge is 0.0588 e. The fourth-order valence-electron chi connectivity index (χ4n) is 8.19. The molecule has 0 bridgehead atoms. The van der Waals surface area contributed by atoms with E-state index in [0.29, 0.717) is 17.8 Å². The number of hydrogen-bond donors (Lipinski definition) is 1. The third kappa shape index (κ3) is 2.40. The Labute approximate surface area is 180 Å². The van der Waals surface area contributed by atoms with E-state index in [9.17, 15) is 5.11 Å². The number of aliphatic hydroxyl groups excluding tert-OH is 1. The van der Waals surface area contributed by atoms with E-state index in [4.69, 9.17) is 0 Å². The van der Waals surface area contributed by atoms with Gasteiger partial charge >= 0.3 is 0 Å². The average Bonchev–Trinajstić information content (AvgIpc) is 3.28. The monoisotopic (exact) mass is 401 g/mol. The summed E-state index contributed by atoms with van der Waals surface area (Å²) in [6, 6.07) is 10.9. The molecule has 158 valence electrons. The highest BCUT2D eigenvalue weighted by Crippen LogP contribution is 2.66. The second-order valence-electron chi connectivity index (χ2n) is 11.3. The number of hydrogen-bond acceptors (Lipinski definition) is 1. The van der Waals surface area contributed by atoms with Gasteiger partial charge in [-0.2, -0.15) is 0 Å². The maximum atomic E-state index is 11.7. The van der Waals surface area contributed by atoms with Crippen LogP contribution in [0.3, 0.4) is 0 Å². The quantitative estimate of drug-likeness (QED) is 0.531. The fraction of sp³-hybridized carbons (Fsp3) is 0.571. The number of allylic oxidation sites excluding steroid dienone is 4. The van der Waals surface area contributed by atoms with E-state index in [0.717, 1.165) is 25.2 Å². The number of fused-ring (bicyclic) bond motifs is 6. The van der Waals surface area contributed by atoms with Gasteiger partial charge < -0.3 is 9.67 Å². The highest BCUT2D eigenvalue weighted by atomic mass is 16.3. The summed E-state index contributed by atoms with van der Waals surface area (Å²) < 4.78 is 2.41. The molecule has 4 unspecified atom stereocenters. The van der Waals surface area contributed by atoms with Crippen molar-refractivity contribution in [1.29, 1.82) is 0 Å². The van der Waals surface area contributed by atoms with Crippen molar-refractivity contribution < 1.29 is 5.11 Å². The molecule has 6 rings (SSSR count). The first-order valence-electron chi connectivity index (χ1n) is 12.1. The van der Waals surface area contributed by atoms with Crippen molar-refractivity contribution in [1.82, 2.24) is 4.57 Å². The maximum absolute atomic E-state index is 11.7. The van der Waals surface area contributed by atoms with Gasteiger partial charge in [-0.15, -0.1) is 0 Å². The molecule has 2 aromatic rings.